The third-order valence-electron chi connectivity index (χ3n) is 3.79. The second kappa shape index (κ2) is 8.11. The van der Waals surface area contributed by atoms with Gasteiger partial charge in [-0.1, -0.05) is 6.08 Å². The van der Waals surface area contributed by atoms with Gasteiger partial charge in [-0.05, 0) is 45.5 Å². The summed E-state index contributed by atoms with van der Waals surface area (Å²) in [5, 5.41) is 0. The molecule has 2 N–H and O–H groups in total. The van der Waals surface area contributed by atoms with E-state index in [2.05, 4.69) is 43.5 Å². The first kappa shape index (κ1) is 17.5. The van der Waals surface area contributed by atoms with Gasteiger partial charge in [0.05, 0.1) is 12.3 Å². The van der Waals surface area contributed by atoms with Gasteiger partial charge in [0.15, 0.2) is 4.90 Å². The standard InChI is InChI=1S/C18H25N3OS/c1-4-21(5-2)14-8-10-16(18(23)12-14)20-13-7-9-15(19)17(11-13)22-6-3/h8-12,23H,4-7,19H2,1-3H3/p+1. The highest BCUT2D eigenvalue weighted by Crippen LogP contribution is 2.27. The van der Waals surface area contributed by atoms with E-state index in [0.717, 1.165) is 29.4 Å². The Balaban J connectivity index is 2.26. The first-order valence-electron chi connectivity index (χ1n) is 8.07. The minimum atomic E-state index is 0.593. The summed E-state index contributed by atoms with van der Waals surface area (Å²) in [5.74, 6) is 0.702. The van der Waals surface area contributed by atoms with E-state index in [1.165, 1.54) is 5.69 Å². The first-order chi connectivity index (χ1) is 11.1. The Morgan fingerprint density at radius 2 is 2.00 bits per heavy atom. The molecule has 0 unspecified atom stereocenters. The molecule has 124 valence electrons. The molecular weight excluding hydrogens is 306 g/mol. The number of rotatable bonds is 6. The highest BCUT2D eigenvalue weighted by atomic mass is 32.1. The fourth-order valence-electron chi connectivity index (χ4n) is 2.53. The van der Waals surface area contributed by atoms with Crippen LogP contribution in [-0.2, 0) is 17.4 Å². The molecule has 2 rings (SSSR count). The van der Waals surface area contributed by atoms with Crippen molar-refractivity contribution in [3.63, 3.8) is 0 Å². The molecule has 0 heterocycles. The Kier molecular flexibility index (Phi) is 6.16. The highest BCUT2D eigenvalue weighted by molar-refractivity contribution is 7.59. The molecule has 1 aliphatic rings. The van der Waals surface area contributed by atoms with Crippen molar-refractivity contribution in [2.75, 3.05) is 24.6 Å². The van der Waals surface area contributed by atoms with Gasteiger partial charge in [0, 0.05) is 43.1 Å². The highest BCUT2D eigenvalue weighted by Gasteiger charge is 2.13. The molecule has 0 bridgehead atoms. The normalized spacial score (nSPS) is 16.1. The van der Waals surface area contributed by atoms with Crippen molar-refractivity contribution in [2.24, 2.45) is 10.7 Å². The molecule has 1 aliphatic carbocycles. The molecule has 0 fully saturated rings. The van der Waals surface area contributed by atoms with Crippen molar-refractivity contribution in [3.8, 4) is 0 Å². The fraction of sp³-hybridized carbons (Fsp3) is 0.389. The Morgan fingerprint density at radius 1 is 1.26 bits per heavy atom. The van der Waals surface area contributed by atoms with Gasteiger partial charge in [-0.15, -0.1) is 0 Å². The topological polar surface area (TPSA) is 50.8 Å². The predicted octanol–water partition coefficient (Wildman–Crippen LogP) is 3.14. The minimum Gasteiger partial charge on any atom is -0.492 e. The van der Waals surface area contributed by atoms with Crippen molar-refractivity contribution in [1.29, 1.82) is 0 Å². The van der Waals surface area contributed by atoms with Crippen molar-refractivity contribution in [1.82, 2.24) is 0 Å². The van der Waals surface area contributed by atoms with E-state index in [0.29, 0.717) is 24.5 Å². The number of benzene rings is 1. The quantitative estimate of drug-likeness (QED) is 0.814. The molecule has 5 heteroatoms. The Morgan fingerprint density at radius 3 is 2.61 bits per heavy atom. The lowest BCUT2D eigenvalue weighted by atomic mass is 10.1. The number of nitrogens with two attached hydrogens (primary N) is 1. The predicted molar refractivity (Wildman–Crippen MR) is 102 cm³/mol. The summed E-state index contributed by atoms with van der Waals surface area (Å²) in [4.78, 5) is 8.02. The maximum absolute atomic E-state index is 5.93. The van der Waals surface area contributed by atoms with Crippen LogP contribution in [0, 0.1) is 0 Å². The van der Waals surface area contributed by atoms with Crippen LogP contribution in [0.25, 0.3) is 0 Å². The van der Waals surface area contributed by atoms with Crippen LogP contribution in [0.1, 0.15) is 27.2 Å². The van der Waals surface area contributed by atoms with Crippen molar-refractivity contribution in [2.45, 2.75) is 32.1 Å². The summed E-state index contributed by atoms with van der Waals surface area (Å²) in [6.07, 6.45) is 4.58. The van der Waals surface area contributed by atoms with E-state index in [-0.39, 0.29) is 0 Å². The zero-order valence-electron chi connectivity index (χ0n) is 14.1. The third kappa shape index (κ3) is 4.32. The second-order valence-electron chi connectivity index (χ2n) is 5.28. The van der Waals surface area contributed by atoms with Gasteiger partial charge >= 0.3 is 0 Å². The lowest BCUT2D eigenvalue weighted by molar-refractivity contribution is 0.237. The zero-order valence-corrected chi connectivity index (χ0v) is 15.1. The van der Waals surface area contributed by atoms with Gasteiger partial charge in [-0.2, -0.15) is 0 Å². The summed E-state index contributed by atoms with van der Waals surface area (Å²) in [6.45, 7) is 8.83. The summed E-state index contributed by atoms with van der Waals surface area (Å²) in [6, 6.07) is 6.26. The molecule has 1 aromatic carbocycles. The van der Waals surface area contributed by atoms with E-state index in [1.54, 1.807) is 0 Å². The summed E-state index contributed by atoms with van der Waals surface area (Å²) < 4.78 is 5.54. The largest absolute Gasteiger partial charge is 0.492 e. The molecule has 1 aromatic rings. The average molecular weight is 332 g/mol. The monoisotopic (exact) mass is 332 g/mol. The summed E-state index contributed by atoms with van der Waals surface area (Å²) in [5.41, 5.74) is 9.66. The zero-order chi connectivity index (χ0) is 16.8. The molecule has 0 radical (unpaired) electrons. The van der Waals surface area contributed by atoms with Crippen LogP contribution in [0.3, 0.4) is 0 Å². The van der Waals surface area contributed by atoms with E-state index in [4.69, 9.17) is 15.5 Å². The molecule has 23 heavy (non-hydrogen) atoms. The Hall–Kier alpha value is -1.88. The third-order valence-corrected chi connectivity index (χ3v) is 4.19. The summed E-state index contributed by atoms with van der Waals surface area (Å²) >= 11 is 3.69. The van der Waals surface area contributed by atoms with Crippen molar-refractivity contribution in [3.05, 3.63) is 41.8 Å². The van der Waals surface area contributed by atoms with Crippen LogP contribution in [0.5, 0.6) is 0 Å². The van der Waals surface area contributed by atoms with E-state index < -0.39 is 0 Å². The molecule has 4 nitrogen and oxygen atoms in total. The molecular formula is C18H26N3OS+. The molecule has 0 aromatic heterocycles. The maximum Gasteiger partial charge on any atom is 0.178 e. The summed E-state index contributed by atoms with van der Waals surface area (Å²) in [7, 11) is 0. The second-order valence-corrected chi connectivity index (χ2v) is 5.82. The first-order valence-corrected chi connectivity index (χ1v) is 8.57. The minimum absolute atomic E-state index is 0.593. The van der Waals surface area contributed by atoms with E-state index >= 15 is 0 Å². The van der Waals surface area contributed by atoms with E-state index in [9.17, 15) is 0 Å². The lowest BCUT2D eigenvalue weighted by Crippen LogP contribution is -2.21. The van der Waals surface area contributed by atoms with Gasteiger partial charge in [0.2, 0.25) is 0 Å². The van der Waals surface area contributed by atoms with Crippen molar-refractivity contribution < 1.29 is 4.74 Å². The molecule has 0 atom stereocenters. The number of ether oxygens (including phenoxy) is 1. The van der Waals surface area contributed by atoms with Gasteiger partial charge in [-0.25, -0.2) is 4.99 Å². The molecule has 0 spiro atoms. The van der Waals surface area contributed by atoms with Crippen molar-refractivity contribution >= 4 is 29.7 Å². The number of aliphatic imine (C=N–C) groups is 1. The van der Waals surface area contributed by atoms with Crippen LogP contribution in [-0.4, -0.2) is 25.4 Å². The number of anilines is 1. The fourth-order valence-corrected chi connectivity index (χ4v) is 2.82. The number of hydrogen-bond donors (Lipinski definition) is 1. The van der Waals surface area contributed by atoms with Gasteiger partial charge in [0.1, 0.15) is 11.4 Å². The van der Waals surface area contributed by atoms with E-state index in [1.807, 2.05) is 25.1 Å². The van der Waals surface area contributed by atoms with Crippen LogP contribution in [0.2, 0.25) is 0 Å². The molecule has 0 amide bonds. The molecule has 0 aliphatic heterocycles. The molecule has 0 saturated heterocycles. The smallest absolute Gasteiger partial charge is 0.178 e. The van der Waals surface area contributed by atoms with Crippen LogP contribution < -0.4 is 10.6 Å². The van der Waals surface area contributed by atoms with Crippen LogP contribution in [0.4, 0.5) is 11.4 Å². The number of hydrogen-bond acceptors (Lipinski definition) is 4. The van der Waals surface area contributed by atoms with Gasteiger partial charge in [0.25, 0.3) is 0 Å². The van der Waals surface area contributed by atoms with Crippen LogP contribution >= 0.6 is 0 Å². The SMILES string of the molecule is CCOC1=CC(=Nc2ccc(N(CC)CC)cc2[SH2+])CC=C1N. The average Bonchev–Trinajstić information content (AvgIpc) is 2.54. The maximum atomic E-state index is 5.93. The van der Waals surface area contributed by atoms with Gasteiger partial charge < -0.3 is 15.4 Å². The number of nitrogens with zero attached hydrogens (tertiary/aromatic N) is 2. The Bertz CT molecular complexity index is 646. The lowest BCUT2D eigenvalue weighted by Gasteiger charge is -2.20. The van der Waals surface area contributed by atoms with Crippen LogP contribution in [0.15, 0.2) is 51.7 Å². The Labute approximate surface area is 144 Å². The number of allylic oxidation sites excluding steroid dienone is 2. The molecule has 0 saturated carbocycles. The van der Waals surface area contributed by atoms with Gasteiger partial charge in [-0.3, -0.25) is 0 Å².